The van der Waals surface area contributed by atoms with Crippen molar-refractivity contribution in [1.82, 2.24) is 5.32 Å². The van der Waals surface area contributed by atoms with Gasteiger partial charge in [0.1, 0.15) is 11.5 Å². The van der Waals surface area contributed by atoms with E-state index in [2.05, 4.69) is 49.5 Å². The van der Waals surface area contributed by atoms with Gasteiger partial charge >= 0.3 is 0 Å². The Morgan fingerprint density at radius 1 is 1.05 bits per heavy atom. The second-order valence-corrected chi connectivity index (χ2v) is 5.84. The standard InChI is InChI=1S/C19H23NO/c1-3-15-4-9-18(10-5-15)21-19-11-6-16(14(2)12-19)13-20-17-7-8-17/h4-6,9-12,17,20H,3,7-8,13H2,1-2H3. The molecule has 0 spiro atoms. The number of rotatable bonds is 6. The highest BCUT2D eigenvalue weighted by Crippen LogP contribution is 2.25. The third-order valence-corrected chi connectivity index (χ3v) is 4.04. The summed E-state index contributed by atoms with van der Waals surface area (Å²) in [4.78, 5) is 0. The fourth-order valence-electron chi connectivity index (χ4n) is 2.40. The second kappa shape index (κ2) is 6.31. The number of hydrogen-bond donors (Lipinski definition) is 1. The molecule has 110 valence electrons. The molecule has 1 aliphatic carbocycles. The van der Waals surface area contributed by atoms with E-state index in [-0.39, 0.29) is 0 Å². The van der Waals surface area contributed by atoms with E-state index >= 15 is 0 Å². The Labute approximate surface area is 127 Å². The van der Waals surface area contributed by atoms with Gasteiger partial charge in [-0.15, -0.1) is 0 Å². The van der Waals surface area contributed by atoms with Crippen LogP contribution in [0.2, 0.25) is 0 Å². The average molecular weight is 281 g/mol. The van der Waals surface area contributed by atoms with E-state index in [0.29, 0.717) is 0 Å². The molecule has 2 aromatic carbocycles. The van der Waals surface area contributed by atoms with Gasteiger partial charge in [-0.2, -0.15) is 0 Å². The van der Waals surface area contributed by atoms with Gasteiger partial charge in [0.2, 0.25) is 0 Å². The van der Waals surface area contributed by atoms with E-state index < -0.39 is 0 Å². The van der Waals surface area contributed by atoms with Crippen molar-refractivity contribution < 1.29 is 4.74 Å². The van der Waals surface area contributed by atoms with Gasteiger partial charge in [0, 0.05) is 12.6 Å². The maximum Gasteiger partial charge on any atom is 0.127 e. The Hall–Kier alpha value is -1.80. The van der Waals surface area contributed by atoms with E-state index in [1.807, 2.05) is 12.1 Å². The molecule has 21 heavy (non-hydrogen) atoms. The van der Waals surface area contributed by atoms with Crippen LogP contribution in [0.3, 0.4) is 0 Å². The molecule has 3 rings (SSSR count). The lowest BCUT2D eigenvalue weighted by atomic mass is 10.1. The van der Waals surface area contributed by atoms with Crippen LogP contribution in [0.4, 0.5) is 0 Å². The molecule has 0 bridgehead atoms. The van der Waals surface area contributed by atoms with Crippen LogP contribution in [0, 0.1) is 6.92 Å². The van der Waals surface area contributed by atoms with Crippen molar-refractivity contribution in [3.63, 3.8) is 0 Å². The summed E-state index contributed by atoms with van der Waals surface area (Å²) in [6, 6.07) is 15.4. The lowest BCUT2D eigenvalue weighted by Gasteiger charge is -2.11. The van der Waals surface area contributed by atoms with Crippen molar-refractivity contribution in [2.45, 2.75) is 45.7 Å². The molecule has 1 fully saturated rings. The van der Waals surface area contributed by atoms with Crippen molar-refractivity contribution in [2.24, 2.45) is 0 Å². The molecule has 0 amide bonds. The first-order valence-electron chi connectivity index (χ1n) is 7.84. The number of aryl methyl sites for hydroxylation is 2. The maximum atomic E-state index is 5.93. The van der Waals surface area contributed by atoms with Crippen LogP contribution in [0.1, 0.15) is 36.5 Å². The average Bonchev–Trinajstić information content (AvgIpc) is 3.31. The number of hydrogen-bond acceptors (Lipinski definition) is 2. The van der Waals surface area contributed by atoms with E-state index in [1.165, 1.54) is 29.5 Å². The molecule has 0 unspecified atom stereocenters. The minimum absolute atomic E-state index is 0.748. The molecule has 0 aromatic heterocycles. The van der Waals surface area contributed by atoms with Crippen LogP contribution >= 0.6 is 0 Å². The minimum atomic E-state index is 0.748. The first kappa shape index (κ1) is 14.2. The first-order chi connectivity index (χ1) is 10.2. The lowest BCUT2D eigenvalue weighted by Crippen LogP contribution is -2.15. The van der Waals surface area contributed by atoms with Crippen molar-refractivity contribution in [1.29, 1.82) is 0 Å². The second-order valence-electron chi connectivity index (χ2n) is 5.84. The van der Waals surface area contributed by atoms with Gasteiger partial charge in [-0.3, -0.25) is 0 Å². The number of ether oxygens (including phenoxy) is 1. The van der Waals surface area contributed by atoms with Crippen molar-refractivity contribution in [3.05, 3.63) is 59.2 Å². The predicted molar refractivity (Wildman–Crippen MR) is 86.9 cm³/mol. The smallest absolute Gasteiger partial charge is 0.127 e. The maximum absolute atomic E-state index is 5.93. The summed E-state index contributed by atoms with van der Waals surface area (Å²) in [7, 11) is 0. The van der Waals surface area contributed by atoms with Gasteiger partial charge < -0.3 is 10.1 Å². The van der Waals surface area contributed by atoms with E-state index in [4.69, 9.17) is 4.74 Å². The largest absolute Gasteiger partial charge is 0.457 e. The van der Waals surface area contributed by atoms with Gasteiger partial charge in [-0.25, -0.2) is 0 Å². The van der Waals surface area contributed by atoms with Gasteiger partial charge in [-0.1, -0.05) is 25.1 Å². The quantitative estimate of drug-likeness (QED) is 0.835. The zero-order valence-corrected chi connectivity index (χ0v) is 12.9. The highest BCUT2D eigenvalue weighted by atomic mass is 16.5. The van der Waals surface area contributed by atoms with Gasteiger partial charge in [-0.05, 0) is 67.1 Å². The summed E-state index contributed by atoms with van der Waals surface area (Å²) in [6.45, 7) is 5.27. The topological polar surface area (TPSA) is 21.3 Å². The summed E-state index contributed by atoms with van der Waals surface area (Å²) in [5, 5.41) is 3.55. The highest BCUT2D eigenvalue weighted by Gasteiger charge is 2.20. The normalized spacial score (nSPS) is 14.2. The Bertz CT molecular complexity index is 599. The van der Waals surface area contributed by atoms with E-state index in [0.717, 1.165) is 30.5 Å². The monoisotopic (exact) mass is 281 g/mol. The van der Waals surface area contributed by atoms with Gasteiger partial charge in [0.25, 0.3) is 0 Å². The summed E-state index contributed by atoms with van der Waals surface area (Å²) < 4.78 is 5.93. The minimum Gasteiger partial charge on any atom is -0.457 e. The van der Waals surface area contributed by atoms with Crippen LogP contribution < -0.4 is 10.1 Å². The molecule has 0 aliphatic heterocycles. The molecule has 0 radical (unpaired) electrons. The zero-order valence-electron chi connectivity index (χ0n) is 12.9. The summed E-state index contributed by atoms with van der Waals surface area (Å²) in [5.41, 5.74) is 3.97. The predicted octanol–water partition coefficient (Wildman–Crippen LogP) is 4.60. The SMILES string of the molecule is CCc1ccc(Oc2ccc(CNC3CC3)c(C)c2)cc1. The number of nitrogens with one attached hydrogen (secondary N) is 1. The van der Waals surface area contributed by atoms with Crippen LogP contribution in [-0.2, 0) is 13.0 Å². The van der Waals surface area contributed by atoms with Crippen LogP contribution in [-0.4, -0.2) is 6.04 Å². The lowest BCUT2D eigenvalue weighted by molar-refractivity contribution is 0.481. The van der Waals surface area contributed by atoms with Crippen LogP contribution in [0.15, 0.2) is 42.5 Å². The molecule has 1 saturated carbocycles. The first-order valence-corrected chi connectivity index (χ1v) is 7.84. The zero-order chi connectivity index (χ0) is 14.7. The Kier molecular flexibility index (Phi) is 4.26. The Morgan fingerprint density at radius 3 is 2.38 bits per heavy atom. The third-order valence-electron chi connectivity index (χ3n) is 4.04. The molecular formula is C19H23NO. The molecule has 0 saturated heterocycles. The fourth-order valence-corrected chi connectivity index (χ4v) is 2.40. The molecule has 2 nitrogen and oxygen atoms in total. The Balaban J connectivity index is 1.65. The number of benzene rings is 2. The van der Waals surface area contributed by atoms with Crippen molar-refractivity contribution in [2.75, 3.05) is 0 Å². The molecule has 0 atom stereocenters. The molecular weight excluding hydrogens is 258 g/mol. The summed E-state index contributed by atoms with van der Waals surface area (Å²) >= 11 is 0. The van der Waals surface area contributed by atoms with Crippen LogP contribution in [0.5, 0.6) is 11.5 Å². The molecule has 1 N–H and O–H groups in total. The van der Waals surface area contributed by atoms with Gasteiger partial charge in [0.15, 0.2) is 0 Å². The van der Waals surface area contributed by atoms with E-state index in [1.54, 1.807) is 0 Å². The van der Waals surface area contributed by atoms with Crippen molar-refractivity contribution in [3.8, 4) is 11.5 Å². The Morgan fingerprint density at radius 2 is 1.76 bits per heavy atom. The third kappa shape index (κ3) is 3.85. The molecule has 2 heteroatoms. The molecule has 0 heterocycles. The summed E-state index contributed by atoms with van der Waals surface area (Å²) in [5.74, 6) is 1.81. The van der Waals surface area contributed by atoms with Crippen molar-refractivity contribution >= 4 is 0 Å². The summed E-state index contributed by atoms with van der Waals surface area (Å²) in [6.07, 6.45) is 3.71. The van der Waals surface area contributed by atoms with Gasteiger partial charge in [0.05, 0.1) is 0 Å². The highest BCUT2D eigenvalue weighted by molar-refractivity contribution is 5.38. The van der Waals surface area contributed by atoms with Crippen LogP contribution in [0.25, 0.3) is 0 Å². The molecule has 2 aromatic rings. The fraction of sp³-hybridized carbons (Fsp3) is 0.368. The van der Waals surface area contributed by atoms with E-state index in [9.17, 15) is 0 Å². The molecule has 1 aliphatic rings.